The minimum absolute atomic E-state index is 0.0232. The van der Waals surface area contributed by atoms with E-state index in [4.69, 9.17) is 4.74 Å². The van der Waals surface area contributed by atoms with Crippen molar-refractivity contribution in [1.82, 2.24) is 5.32 Å². The summed E-state index contributed by atoms with van der Waals surface area (Å²) in [5.74, 6) is 0.769. The second-order valence-corrected chi connectivity index (χ2v) is 6.90. The molecule has 1 aliphatic rings. The van der Waals surface area contributed by atoms with Gasteiger partial charge in [-0.05, 0) is 48.7 Å². The first kappa shape index (κ1) is 17.2. The Bertz CT molecular complexity index is 816. The zero-order valence-electron chi connectivity index (χ0n) is 14.1. The van der Waals surface area contributed by atoms with E-state index in [9.17, 15) is 4.79 Å². The maximum Gasteiger partial charge on any atom is 0.239 e. The molecular formula is C19H19N3O2S. The molecule has 1 saturated heterocycles. The van der Waals surface area contributed by atoms with Crippen LogP contribution in [0.5, 0.6) is 5.75 Å². The highest BCUT2D eigenvalue weighted by Gasteiger charge is 2.30. The van der Waals surface area contributed by atoms with Crippen LogP contribution in [0.25, 0.3) is 0 Å². The number of carbonyl (C=O) groups is 1. The van der Waals surface area contributed by atoms with Gasteiger partial charge in [-0.2, -0.15) is 5.10 Å². The number of hydrogen-bond donors (Lipinski definition) is 1. The van der Waals surface area contributed by atoms with E-state index < -0.39 is 0 Å². The molecule has 0 unspecified atom stereocenters. The van der Waals surface area contributed by atoms with Crippen LogP contribution in [-0.2, 0) is 11.2 Å². The van der Waals surface area contributed by atoms with E-state index in [0.717, 1.165) is 16.9 Å². The van der Waals surface area contributed by atoms with Crippen LogP contribution in [0.1, 0.15) is 16.7 Å². The zero-order chi connectivity index (χ0) is 17.6. The van der Waals surface area contributed by atoms with Gasteiger partial charge in [-0.25, -0.2) is 0 Å². The third-order valence-corrected chi connectivity index (χ3v) is 4.82. The topological polar surface area (TPSA) is 63.1 Å². The number of amides is 1. The molecule has 128 valence electrons. The lowest BCUT2D eigenvalue weighted by atomic mass is 10.1. The Hall–Kier alpha value is -2.60. The Labute approximate surface area is 151 Å². The van der Waals surface area contributed by atoms with Crippen molar-refractivity contribution in [3.63, 3.8) is 0 Å². The van der Waals surface area contributed by atoms with Crippen molar-refractivity contribution in [2.45, 2.75) is 18.6 Å². The predicted octanol–water partition coefficient (Wildman–Crippen LogP) is 3.17. The van der Waals surface area contributed by atoms with E-state index in [1.54, 1.807) is 13.3 Å². The van der Waals surface area contributed by atoms with Gasteiger partial charge in [0.1, 0.15) is 5.75 Å². The molecule has 0 spiro atoms. The third kappa shape index (κ3) is 4.70. The largest absolute Gasteiger partial charge is 0.497 e. The van der Waals surface area contributed by atoms with Gasteiger partial charge < -0.3 is 10.1 Å². The van der Waals surface area contributed by atoms with Crippen LogP contribution in [0.2, 0.25) is 0 Å². The number of thioether (sulfide) groups is 1. The highest BCUT2D eigenvalue weighted by atomic mass is 32.2. The first-order valence-electron chi connectivity index (χ1n) is 7.92. The lowest BCUT2D eigenvalue weighted by Crippen LogP contribution is -2.25. The lowest BCUT2D eigenvalue weighted by molar-refractivity contribution is -0.118. The highest BCUT2D eigenvalue weighted by molar-refractivity contribution is 8.15. The molecule has 1 N–H and O–H groups in total. The quantitative estimate of drug-likeness (QED) is 0.663. The van der Waals surface area contributed by atoms with Crippen LogP contribution in [0.3, 0.4) is 0 Å². The average molecular weight is 353 g/mol. The zero-order valence-corrected chi connectivity index (χ0v) is 14.9. The van der Waals surface area contributed by atoms with Crippen LogP contribution >= 0.6 is 11.8 Å². The summed E-state index contributed by atoms with van der Waals surface area (Å²) < 4.78 is 5.11. The molecule has 0 bridgehead atoms. The number of benzene rings is 2. The predicted molar refractivity (Wildman–Crippen MR) is 102 cm³/mol. The number of carbonyl (C=O) groups excluding carboxylic acids is 1. The lowest BCUT2D eigenvalue weighted by Gasteiger charge is -2.05. The molecule has 1 atom stereocenters. The molecule has 1 heterocycles. The SMILES string of the molecule is COc1ccc(/C=N/N=C2/NC(=O)[C@@H](Cc3cccc(C)c3)S2)cc1. The summed E-state index contributed by atoms with van der Waals surface area (Å²) in [4.78, 5) is 12.1. The number of aryl methyl sites for hydroxylation is 1. The number of rotatable bonds is 5. The molecule has 0 aromatic heterocycles. The van der Waals surface area contributed by atoms with Crippen molar-refractivity contribution in [2.24, 2.45) is 10.2 Å². The maximum absolute atomic E-state index is 12.1. The van der Waals surface area contributed by atoms with Gasteiger partial charge in [-0.3, -0.25) is 4.79 Å². The van der Waals surface area contributed by atoms with Gasteiger partial charge in [-0.1, -0.05) is 41.6 Å². The van der Waals surface area contributed by atoms with Crippen molar-refractivity contribution >= 4 is 29.1 Å². The summed E-state index contributed by atoms with van der Waals surface area (Å²) >= 11 is 1.42. The highest BCUT2D eigenvalue weighted by Crippen LogP contribution is 2.23. The minimum atomic E-state index is -0.170. The van der Waals surface area contributed by atoms with E-state index >= 15 is 0 Å². The molecule has 1 aliphatic heterocycles. The summed E-state index contributed by atoms with van der Waals surface area (Å²) in [5.41, 5.74) is 3.25. The molecule has 3 rings (SSSR count). The third-order valence-electron chi connectivity index (χ3n) is 3.75. The van der Waals surface area contributed by atoms with Gasteiger partial charge in [0.15, 0.2) is 5.17 Å². The second kappa shape index (κ2) is 7.98. The minimum Gasteiger partial charge on any atom is -0.497 e. The fraction of sp³-hybridized carbons (Fsp3) is 0.211. The molecule has 2 aromatic rings. The molecule has 0 radical (unpaired) electrons. The van der Waals surface area contributed by atoms with Crippen molar-refractivity contribution in [3.8, 4) is 5.75 Å². The Morgan fingerprint density at radius 2 is 2.04 bits per heavy atom. The van der Waals surface area contributed by atoms with E-state index in [0.29, 0.717) is 11.6 Å². The molecular weight excluding hydrogens is 334 g/mol. The molecule has 2 aromatic carbocycles. The van der Waals surface area contributed by atoms with Crippen LogP contribution in [0, 0.1) is 6.92 Å². The summed E-state index contributed by atoms with van der Waals surface area (Å²) in [5, 5.41) is 11.3. The van der Waals surface area contributed by atoms with Gasteiger partial charge in [0.25, 0.3) is 0 Å². The van der Waals surface area contributed by atoms with Gasteiger partial charge in [0.2, 0.25) is 5.91 Å². The fourth-order valence-electron chi connectivity index (χ4n) is 2.48. The molecule has 1 fully saturated rings. The Balaban J connectivity index is 1.61. The van der Waals surface area contributed by atoms with Crippen molar-refractivity contribution in [3.05, 3.63) is 65.2 Å². The number of hydrogen-bond acceptors (Lipinski definition) is 5. The number of methoxy groups -OCH3 is 1. The van der Waals surface area contributed by atoms with Gasteiger partial charge >= 0.3 is 0 Å². The molecule has 6 heteroatoms. The summed E-state index contributed by atoms with van der Waals surface area (Å²) in [7, 11) is 1.63. The number of nitrogens with zero attached hydrogens (tertiary/aromatic N) is 2. The van der Waals surface area contributed by atoms with E-state index in [2.05, 4.69) is 21.6 Å². The van der Waals surface area contributed by atoms with Crippen LogP contribution < -0.4 is 10.1 Å². The summed E-state index contributed by atoms with van der Waals surface area (Å²) in [6, 6.07) is 15.7. The Morgan fingerprint density at radius 1 is 1.24 bits per heavy atom. The van der Waals surface area contributed by atoms with Crippen molar-refractivity contribution < 1.29 is 9.53 Å². The molecule has 0 aliphatic carbocycles. The normalized spacial score (nSPS) is 18.7. The molecule has 5 nitrogen and oxygen atoms in total. The standard InChI is InChI=1S/C19H19N3O2S/c1-13-4-3-5-15(10-13)11-17-18(23)21-19(25-17)22-20-12-14-6-8-16(24-2)9-7-14/h3-10,12,17H,11H2,1-2H3,(H,21,22,23)/b20-12+/t17-/m1/s1. The first-order chi connectivity index (χ1) is 12.1. The number of nitrogens with one attached hydrogen (secondary N) is 1. The Morgan fingerprint density at radius 3 is 2.76 bits per heavy atom. The average Bonchev–Trinajstić information content (AvgIpc) is 2.95. The monoisotopic (exact) mass is 353 g/mol. The number of amidine groups is 1. The molecule has 1 amide bonds. The molecule has 0 saturated carbocycles. The van der Waals surface area contributed by atoms with Crippen LogP contribution in [0.15, 0.2) is 58.7 Å². The van der Waals surface area contributed by atoms with Gasteiger partial charge in [0, 0.05) is 0 Å². The first-order valence-corrected chi connectivity index (χ1v) is 8.80. The Kier molecular flexibility index (Phi) is 5.50. The van der Waals surface area contributed by atoms with E-state index in [1.165, 1.54) is 17.3 Å². The smallest absolute Gasteiger partial charge is 0.239 e. The molecule has 25 heavy (non-hydrogen) atoms. The van der Waals surface area contributed by atoms with Crippen LogP contribution in [-0.4, -0.2) is 29.6 Å². The van der Waals surface area contributed by atoms with Crippen molar-refractivity contribution in [2.75, 3.05) is 7.11 Å². The summed E-state index contributed by atoms with van der Waals surface area (Å²) in [6.45, 7) is 2.05. The van der Waals surface area contributed by atoms with Crippen LogP contribution in [0.4, 0.5) is 0 Å². The number of ether oxygens (including phenoxy) is 1. The van der Waals surface area contributed by atoms with E-state index in [-0.39, 0.29) is 11.2 Å². The van der Waals surface area contributed by atoms with Crippen molar-refractivity contribution in [1.29, 1.82) is 0 Å². The summed E-state index contributed by atoms with van der Waals surface area (Å²) in [6.07, 6.45) is 2.33. The van der Waals surface area contributed by atoms with E-state index in [1.807, 2.05) is 49.4 Å². The second-order valence-electron chi connectivity index (χ2n) is 5.71. The maximum atomic E-state index is 12.1. The van der Waals surface area contributed by atoms with Gasteiger partial charge in [0.05, 0.1) is 18.6 Å². The fourth-order valence-corrected chi connectivity index (χ4v) is 3.44. The van der Waals surface area contributed by atoms with Gasteiger partial charge in [-0.15, -0.1) is 5.10 Å².